The van der Waals surface area contributed by atoms with Gasteiger partial charge in [-0.2, -0.15) is 0 Å². The van der Waals surface area contributed by atoms with Gasteiger partial charge in [-0.05, 0) is 25.7 Å². The van der Waals surface area contributed by atoms with Gasteiger partial charge in [-0.3, -0.25) is 9.59 Å². The van der Waals surface area contributed by atoms with Crippen LogP contribution in [-0.4, -0.2) is 28.9 Å². The van der Waals surface area contributed by atoms with Gasteiger partial charge in [-0.1, -0.05) is 58.3 Å². The molecule has 0 heterocycles. The molecule has 1 unspecified atom stereocenters. The number of rotatable bonds is 16. The molecule has 0 fully saturated rings. The molecule has 0 aromatic heterocycles. The molecule has 5 heteroatoms. The number of aliphatic carboxylic acids is 1. The van der Waals surface area contributed by atoms with Crippen molar-refractivity contribution in [3.05, 3.63) is 0 Å². The van der Waals surface area contributed by atoms with Gasteiger partial charge in [0.05, 0.1) is 6.04 Å². The first kappa shape index (κ1) is 22.1. The summed E-state index contributed by atoms with van der Waals surface area (Å²) in [4.78, 5) is 22.5. The maximum atomic E-state index is 11.9. The summed E-state index contributed by atoms with van der Waals surface area (Å²) in [5, 5.41) is 8.68. The van der Waals surface area contributed by atoms with Crippen molar-refractivity contribution in [2.45, 2.75) is 102 Å². The van der Waals surface area contributed by atoms with E-state index in [2.05, 4.69) is 6.92 Å². The van der Waals surface area contributed by atoms with E-state index in [0.29, 0.717) is 25.7 Å². The van der Waals surface area contributed by atoms with Crippen LogP contribution in [0.2, 0.25) is 0 Å². The van der Waals surface area contributed by atoms with Crippen LogP contribution >= 0.6 is 0 Å². The summed E-state index contributed by atoms with van der Waals surface area (Å²) in [6.45, 7) is 2.22. The Kier molecular flexibility index (Phi) is 14.0. The maximum Gasteiger partial charge on any atom is 0.320 e. The van der Waals surface area contributed by atoms with E-state index in [-0.39, 0.29) is 5.78 Å². The van der Waals surface area contributed by atoms with Crippen molar-refractivity contribution in [2.24, 2.45) is 11.5 Å². The van der Waals surface area contributed by atoms with Crippen LogP contribution in [0.15, 0.2) is 0 Å². The average molecular weight is 328 g/mol. The molecule has 0 aliphatic rings. The van der Waals surface area contributed by atoms with E-state index < -0.39 is 18.1 Å². The van der Waals surface area contributed by atoms with Crippen LogP contribution < -0.4 is 11.5 Å². The Labute approximate surface area is 141 Å². The molecule has 0 aliphatic heterocycles. The van der Waals surface area contributed by atoms with Gasteiger partial charge in [0, 0.05) is 6.42 Å². The summed E-state index contributed by atoms with van der Waals surface area (Å²) in [5.74, 6) is -0.906. The van der Waals surface area contributed by atoms with Crippen LogP contribution in [0.1, 0.15) is 90.4 Å². The van der Waals surface area contributed by atoms with Gasteiger partial charge in [0.2, 0.25) is 0 Å². The van der Waals surface area contributed by atoms with Crippen LogP contribution in [-0.2, 0) is 9.59 Å². The van der Waals surface area contributed by atoms with Gasteiger partial charge in [0.15, 0.2) is 0 Å². The zero-order valence-corrected chi connectivity index (χ0v) is 14.8. The highest BCUT2D eigenvalue weighted by Gasteiger charge is 2.15. The van der Waals surface area contributed by atoms with Crippen LogP contribution in [0.5, 0.6) is 0 Å². The van der Waals surface area contributed by atoms with E-state index in [1.54, 1.807) is 0 Å². The lowest BCUT2D eigenvalue weighted by atomic mass is 9.99. The molecule has 5 N–H and O–H groups in total. The molecule has 0 saturated heterocycles. The number of nitrogens with two attached hydrogens (primary N) is 2. The SMILES string of the molecule is CCCCCCCCCCCC(=O)C(N)CCC[C@H](N)C(=O)O. The van der Waals surface area contributed by atoms with Crippen molar-refractivity contribution in [1.29, 1.82) is 0 Å². The molecule has 0 aliphatic carbocycles. The Morgan fingerprint density at radius 3 is 1.78 bits per heavy atom. The molecule has 5 nitrogen and oxygen atoms in total. The summed E-state index contributed by atoms with van der Waals surface area (Å²) in [6, 6.07) is -1.32. The zero-order chi connectivity index (χ0) is 17.5. The van der Waals surface area contributed by atoms with E-state index >= 15 is 0 Å². The Balaban J connectivity index is 3.49. The smallest absolute Gasteiger partial charge is 0.320 e. The van der Waals surface area contributed by atoms with E-state index in [4.69, 9.17) is 16.6 Å². The first-order valence-corrected chi connectivity index (χ1v) is 9.25. The minimum absolute atomic E-state index is 0.0943. The average Bonchev–Trinajstić information content (AvgIpc) is 2.52. The zero-order valence-electron chi connectivity index (χ0n) is 14.8. The lowest BCUT2D eigenvalue weighted by Crippen LogP contribution is -2.33. The van der Waals surface area contributed by atoms with Crippen molar-refractivity contribution in [3.63, 3.8) is 0 Å². The largest absolute Gasteiger partial charge is 0.480 e. The number of carbonyl (C=O) groups is 2. The highest BCUT2D eigenvalue weighted by molar-refractivity contribution is 5.83. The van der Waals surface area contributed by atoms with Crippen molar-refractivity contribution >= 4 is 11.8 Å². The normalized spacial score (nSPS) is 13.7. The van der Waals surface area contributed by atoms with Crippen LogP contribution in [0.3, 0.4) is 0 Å². The quantitative estimate of drug-likeness (QED) is 0.377. The summed E-state index contributed by atoms with van der Waals surface area (Å²) in [6.07, 6.45) is 13.1. The fourth-order valence-corrected chi connectivity index (χ4v) is 2.64. The highest BCUT2D eigenvalue weighted by Crippen LogP contribution is 2.12. The fraction of sp³-hybridized carbons (Fsp3) is 0.889. The molecule has 0 aromatic carbocycles. The topological polar surface area (TPSA) is 106 Å². The number of ketones is 1. The van der Waals surface area contributed by atoms with E-state index in [0.717, 1.165) is 12.8 Å². The van der Waals surface area contributed by atoms with Crippen molar-refractivity contribution in [3.8, 4) is 0 Å². The van der Waals surface area contributed by atoms with Crippen LogP contribution in [0.4, 0.5) is 0 Å². The van der Waals surface area contributed by atoms with Gasteiger partial charge < -0.3 is 16.6 Å². The Morgan fingerprint density at radius 1 is 0.783 bits per heavy atom. The number of unbranched alkanes of at least 4 members (excludes halogenated alkanes) is 8. The lowest BCUT2D eigenvalue weighted by molar-refractivity contribution is -0.138. The number of hydrogen-bond acceptors (Lipinski definition) is 4. The Hall–Kier alpha value is -0.940. The second kappa shape index (κ2) is 14.6. The Bertz CT molecular complexity index is 321. The van der Waals surface area contributed by atoms with Gasteiger partial charge >= 0.3 is 5.97 Å². The second-order valence-corrected chi connectivity index (χ2v) is 6.53. The maximum absolute atomic E-state index is 11.9. The third kappa shape index (κ3) is 13.2. The lowest BCUT2D eigenvalue weighted by Gasteiger charge is -2.11. The summed E-state index contributed by atoms with van der Waals surface area (Å²) < 4.78 is 0. The standard InChI is InChI=1S/C18H36N2O3/c1-2-3-4-5-6-7-8-9-10-14-17(21)15(19)12-11-13-16(20)18(22)23/h15-16H,2-14,19-20H2,1H3,(H,22,23)/t15?,16-/m0/s1. The van der Waals surface area contributed by atoms with Crippen molar-refractivity contribution in [2.75, 3.05) is 0 Å². The first-order chi connectivity index (χ1) is 11.0. The van der Waals surface area contributed by atoms with Gasteiger partial charge in [0.25, 0.3) is 0 Å². The molecule has 0 aromatic rings. The van der Waals surface area contributed by atoms with E-state index in [9.17, 15) is 9.59 Å². The monoisotopic (exact) mass is 328 g/mol. The van der Waals surface area contributed by atoms with E-state index in [1.807, 2.05) is 0 Å². The van der Waals surface area contributed by atoms with Crippen molar-refractivity contribution in [1.82, 2.24) is 0 Å². The van der Waals surface area contributed by atoms with Gasteiger partial charge in [-0.25, -0.2) is 0 Å². The number of hydrogen-bond donors (Lipinski definition) is 3. The molecule has 0 amide bonds. The number of carboxylic acids is 1. The third-order valence-corrected chi connectivity index (χ3v) is 4.29. The molecule has 0 saturated carbocycles. The summed E-state index contributed by atoms with van der Waals surface area (Å²) in [7, 11) is 0. The van der Waals surface area contributed by atoms with Gasteiger partial charge in [0.1, 0.15) is 11.8 Å². The molecule has 0 bridgehead atoms. The molecule has 23 heavy (non-hydrogen) atoms. The number of carbonyl (C=O) groups excluding carboxylic acids is 1. The third-order valence-electron chi connectivity index (χ3n) is 4.29. The van der Waals surface area contributed by atoms with Crippen LogP contribution in [0, 0.1) is 0 Å². The van der Waals surface area contributed by atoms with Gasteiger partial charge in [-0.15, -0.1) is 0 Å². The molecule has 136 valence electrons. The molecule has 0 radical (unpaired) electrons. The first-order valence-electron chi connectivity index (χ1n) is 9.25. The van der Waals surface area contributed by atoms with Crippen LogP contribution in [0.25, 0.3) is 0 Å². The molecule has 0 spiro atoms. The predicted octanol–water partition coefficient (Wildman–Crippen LogP) is 3.39. The minimum atomic E-state index is -1.00. The molecule has 0 rings (SSSR count). The molecule has 2 atom stereocenters. The fourth-order valence-electron chi connectivity index (χ4n) is 2.64. The number of carboxylic acid groups (broad SMARTS) is 1. The minimum Gasteiger partial charge on any atom is -0.480 e. The Morgan fingerprint density at radius 2 is 1.26 bits per heavy atom. The second-order valence-electron chi connectivity index (χ2n) is 6.53. The molecular weight excluding hydrogens is 292 g/mol. The highest BCUT2D eigenvalue weighted by atomic mass is 16.4. The van der Waals surface area contributed by atoms with E-state index in [1.165, 1.54) is 44.9 Å². The molecular formula is C18H36N2O3. The van der Waals surface area contributed by atoms with Crippen molar-refractivity contribution < 1.29 is 14.7 Å². The predicted molar refractivity (Wildman–Crippen MR) is 94.3 cm³/mol. The summed E-state index contributed by atoms with van der Waals surface area (Å²) >= 11 is 0. The summed E-state index contributed by atoms with van der Waals surface area (Å²) in [5.41, 5.74) is 11.3. The number of Topliss-reactive ketones (excluding diaryl/α,β-unsaturated/α-hetero) is 1.